The molecule has 0 radical (unpaired) electrons. The Balaban J connectivity index is 1.69. The summed E-state index contributed by atoms with van der Waals surface area (Å²) in [7, 11) is 1.81. The molecular formula is C20H30FN3O2. The smallest absolute Gasteiger partial charge is 0.234 e. The molecule has 1 fully saturated rings. The van der Waals surface area contributed by atoms with Crippen LogP contribution in [0.4, 0.5) is 4.39 Å². The maximum absolute atomic E-state index is 13.9. The van der Waals surface area contributed by atoms with Crippen molar-refractivity contribution in [2.75, 3.05) is 33.2 Å². The number of carbonyl (C=O) groups is 2. The molecule has 1 aliphatic heterocycles. The molecule has 0 bridgehead atoms. The molecule has 1 saturated heterocycles. The first-order chi connectivity index (χ1) is 12.5. The monoisotopic (exact) mass is 363 g/mol. The third-order valence-electron chi connectivity index (χ3n) is 5.01. The molecule has 5 nitrogen and oxygen atoms in total. The molecule has 2 rings (SSSR count). The van der Waals surface area contributed by atoms with E-state index in [4.69, 9.17) is 0 Å². The normalized spacial score (nSPS) is 16.5. The Morgan fingerprint density at radius 1 is 1.31 bits per heavy atom. The first kappa shape index (κ1) is 20.4. The van der Waals surface area contributed by atoms with E-state index >= 15 is 0 Å². The lowest BCUT2D eigenvalue weighted by molar-refractivity contribution is -0.130. The van der Waals surface area contributed by atoms with Gasteiger partial charge >= 0.3 is 0 Å². The van der Waals surface area contributed by atoms with Crippen LogP contribution in [0.1, 0.15) is 50.6 Å². The van der Waals surface area contributed by atoms with Crippen molar-refractivity contribution >= 4 is 11.8 Å². The molecular weight excluding hydrogens is 333 g/mol. The highest BCUT2D eigenvalue weighted by atomic mass is 19.1. The number of benzene rings is 1. The van der Waals surface area contributed by atoms with Crippen LogP contribution in [0.3, 0.4) is 0 Å². The molecule has 26 heavy (non-hydrogen) atoms. The maximum atomic E-state index is 13.9. The second-order valence-corrected chi connectivity index (χ2v) is 7.01. The van der Waals surface area contributed by atoms with Crippen LogP contribution in [0.25, 0.3) is 0 Å². The third-order valence-corrected chi connectivity index (χ3v) is 5.01. The van der Waals surface area contributed by atoms with E-state index in [1.807, 2.05) is 23.8 Å². The van der Waals surface area contributed by atoms with Gasteiger partial charge in [0.05, 0.1) is 6.54 Å². The Hall–Kier alpha value is -1.95. The van der Waals surface area contributed by atoms with Gasteiger partial charge in [-0.2, -0.15) is 0 Å². The van der Waals surface area contributed by atoms with Gasteiger partial charge in [0.2, 0.25) is 11.8 Å². The van der Waals surface area contributed by atoms with Crippen LogP contribution in [-0.2, 0) is 9.59 Å². The van der Waals surface area contributed by atoms with E-state index in [1.165, 1.54) is 6.07 Å². The van der Waals surface area contributed by atoms with E-state index in [1.54, 1.807) is 18.2 Å². The Kier molecular flexibility index (Phi) is 8.04. The largest absolute Gasteiger partial charge is 0.355 e. The topological polar surface area (TPSA) is 52.7 Å². The maximum Gasteiger partial charge on any atom is 0.234 e. The van der Waals surface area contributed by atoms with Crippen molar-refractivity contribution < 1.29 is 14.0 Å². The lowest BCUT2D eigenvalue weighted by Crippen LogP contribution is -2.38. The molecule has 1 N–H and O–H groups in total. The summed E-state index contributed by atoms with van der Waals surface area (Å²) in [6.45, 7) is 4.16. The molecule has 0 aromatic heterocycles. The molecule has 0 spiro atoms. The van der Waals surface area contributed by atoms with Crippen molar-refractivity contribution in [1.82, 2.24) is 15.1 Å². The lowest BCUT2D eigenvalue weighted by atomic mass is 10.1. The van der Waals surface area contributed by atoms with Crippen LogP contribution in [0.15, 0.2) is 24.3 Å². The Labute approximate surface area is 155 Å². The number of rotatable bonds is 8. The van der Waals surface area contributed by atoms with Gasteiger partial charge in [0.25, 0.3) is 0 Å². The van der Waals surface area contributed by atoms with Crippen molar-refractivity contribution in [2.24, 2.45) is 0 Å². The highest BCUT2D eigenvalue weighted by Crippen LogP contribution is 2.21. The number of likely N-dealkylation sites (tertiary alicyclic amines) is 1. The van der Waals surface area contributed by atoms with Gasteiger partial charge in [0.15, 0.2) is 0 Å². The Morgan fingerprint density at radius 2 is 2.08 bits per heavy atom. The van der Waals surface area contributed by atoms with Crippen LogP contribution in [0, 0.1) is 5.82 Å². The van der Waals surface area contributed by atoms with Crippen molar-refractivity contribution in [1.29, 1.82) is 0 Å². The predicted molar refractivity (Wildman–Crippen MR) is 100 cm³/mol. The Bertz CT molecular complexity index is 608. The number of halogens is 1. The van der Waals surface area contributed by atoms with Gasteiger partial charge < -0.3 is 10.2 Å². The average Bonchev–Trinajstić information content (AvgIpc) is 2.83. The molecule has 1 aromatic rings. The van der Waals surface area contributed by atoms with Crippen LogP contribution in [-0.4, -0.2) is 54.8 Å². The molecule has 6 heteroatoms. The SMILES string of the molecule is CC(c1ccccc1F)N(C)CC(=O)NCCCN1CCCCCC1=O. The lowest BCUT2D eigenvalue weighted by Gasteiger charge is -2.25. The van der Waals surface area contributed by atoms with E-state index in [0.29, 0.717) is 25.1 Å². The Morgan fingerprint density at radius 3 is 2.85 bits per heavy atom. The minimum Gasteiger partial charge on any atom is -0.355 e. The van der Waals surface area contributed by atoms with Crippen molar-refractivity contribution in [3.05, 3.63) is 35.6 Å². The number of amides is 2. The van der Waals surface area contributed by atoms with E-state index in [2.05, 4.69) is 5.32 Å². The highest BCUT2D eigenvalue weighted by Gasteiger charge is 2.18. The summed E-state index contributed by atoms with van der Waals surface area (Å²) in [6, 6.07) is 6.45. The minimum absolute atomic E-state index is 0.0853. The first-order valence-electron chi connectivity index (χ1n) is 9.48. The molecule has 1 atom stereocenters. The summed E-state index contributed by atoms with van der Waals surface area (Å²) in [5.41, 5.74) is 0.586. The van der Waals surface area contributed by atoms with Gasteiger partial charge in [-0.1, -0.05) is 24.6 Å². The molecule has 0 aliphatic carbocycles. The zero-order chi connectivity index (χ0) is 18.9. The van der Waals surface area contributed by atoms with E-state index in [0.717, 1.165) is 32.2 Å². The zero-order valence-electron chi connectivity index (χ0n) is 15.8. The van der Waals surface area contributed by atoms with Crippen molar-refractivity contribution in [3.8, 4) is 0 Å². The van der Waals surface area contributed by atoms with E-state index in [-0.39, 0.29) is 30.2 Å². The summed E-state index contributed by atoms with van der Waals surface area (Å²) in [5, 5.41) is 2.89. The van der Waals surface area contributed by atoms with Gasteiger partial charge in [-0.25, -0.2) is 4.39 Å². The number of hydrogen-bond donors (Lipinski definition) is 1. The molecule has 1 unspecified atom stereocenters. The molecule has 1 aliphatic rings. The summed E-state index contributed by atoms with van der Waals surface area (Å²) in [5.74, 6) is -0.112. The average molecular weight is 363 g/mol. The molecule has 144 valence electrons. The second kappa shape index (κ2) is 10.3. The van der Waals surface area contributed by atoms with Gasteiger partial charge in [0, 0.05) is 37.7 Å². The summed E-state index contributed by atoms with van der Waals surface area (Å²) >= 11 is 0. The summed E-state index contributed by atoms with van der Waals surface area (Å²) < 4.78 is 13.9. The molecule has 2 amide bonds. The third kappa shape index (κ3) is 6.09. The standard InChI is InChI=1S/C20H30FN3O2/c1-16(17-9-5-6-10-18(17)21)23(2)15-19(25)22-12-8-14-24-13-7-3-4-11-20(24)26/h5-6,9-10,16H,3-4,7-8,11-15H2,1-2H3,(H,22,25). The fraction of sp³-hybridized carbons (Fsp3) is 0.600. The minimum atomic E-state index is -0.255. The van der Waals surface area contributed by atoms with Gasteiger partial charge in [0.1, 0.15) is 5.82 Å². The van der Waals surface area contributed by atoms with Crippen LogP contribution >= 0.6 is 0 Å². The number of hydrogen-bond acceptors (Lipinski definition) is 3. The zero-order valence-corrected chi connectivity index (χ0v) is 15.8. The van der Waals surface area contributed by atoms with Crippen LogP contribution < -0.4 is 5.32 Å². The number of carbonyl (C=O) groups excluding carboxylic acids is 2. The van der Waals surface area contributed by atoms with E-state index < -0.39 is 0 Å². The summed E-state index contributed by atoms with van der Waals surface area (Å²) in [6.07, 6.45) is 4.57. The summed E-state index contributed by atoms with van der Waals surface area (Å²) in [4.78, 5) is 27.8. The predicted octanol–water partition coefficient (Wildman–Crippen LogP) is 2.73. The fourth-order valence-electron chi connectivity index (χ4n) is 3.24. The van der Waals surface area contributed by atoms with Crippen molar-refractivity contribution in [2.45, 2.75) is 45.1 Å². The van der Waals surface area contributed by atoms with Crippen molar-refractivity contribution in [3.63, 3.8) is 0 Å². The quantitative estimate of drug-likeness (QED) is 0.723. The fourth-order valence-corrected chi connectivity index (χ4v) is 3.24. The molecule has 0 saturated carbocycles. The highest BCUT2D eigenvalue weighted by molar-refractivity contribution is 5.78. The van der Waals surface area contributed by atoms with Crippen LogP contribution in [0.5, 0.6) is 0 Å². The molecule has 1 heterocycles. The van der Waals surface area contributed by atoms with Gasteiger partial charge in [-0.05, 0) is 39.3 Å². The number of nitrogens with zero attached hydrogens (tertiary/aromatic N) is 2. The number of likely N-dealkylation sites (N-methyl/N-ethyl adjacent to an activating group) is 1. The van der Waals surface area contributed by atoms with Gasteiger partial charge in [-0.3, -0.25) is 14.5 Å². The molecule has 1 aromatic carbocycles. The second-order valence-electron chi connectivity index (χ2n) is 7.01. The first-order valence-corrected chi connectivity index (χ1v) is 9.48. The van der Waals surface area contributed by atoms with Gasteiger partial charge in [-0.15, -0.1) is 0 Å². The van der Waals surface area contributed by atoms with E-state index in [9.17, 15) is 14.0 Å². The number of nitrogens with one attached hydrogen (secondary N) is 1. The van der Waals surface area contributed by atoms with Crippen LogP contribution in [0.2, 0.25) is 0 Å².